The van der Waals surface area contributed by atoms with Crippen LogP contribution in [0.25, 0.3) is 0 Å². The summed E-state index contributed by atoms with van der Waals surface area (Å²) in [5.41, 5.74) is 1.03. The molecule has 1 aliphatic rings. The minimum absolute atomic E-state index is 0.365. The molecule has 1 aromatic rings. The number of rotatable bonds is 3. The summed E-state index contributed by atoms with van der Waals surface area (Å²) in [7, 11) is 0. The first-order valence-electron chi connectivity index (χ1n) is 7.01. The van der Waals surface area contributed by atoms with E-state index < -0.39 is 0 Å². The summed E-state index contributed by atoms with van der Waals surface area (Å²) >= 11 is 1.99. The van der Waals surface area contributed by atoms with Gasteiger partial charge in [0.1, 0.15) is 0 Å². The highest BCUT2D eigenvalue weighted by molar-refractivity contribution is 8.00. The van der Waals surface area contributed by atoms with Crippen LogP contribution in [-0.4, -0.2) is 10.4 Å². The number of aliphatic hydroxyl groups is 1. The second kappa shape index (κ2) is 6.12. The molecular formula is C16H24OS. The molecule has 2 rings (SSSR count). The molecule has 18 heavy (non-hydrogen) atoms. The molecule has 0 radical (unpaired) electrons. The molecule has 2 heteroatoms. The molecule has 1 nitrogen and oxygen atoms in total. The summed E-state index contributed by atoms with van der Waals surface area (Å²) in [5.74, 6) is 1.72. The third-order valence-corrected chi connectivity index (χ3v) is 5.48. The predicted octanol–water partition coefficient (Wildman–Crippen LogP) is 4.66. The Kier molecular flexibility index (Phi) is 4.74. The third kappa shape index (κ3) is 3.52. The maximum atomic E-state index is 9.62. The lowest BCUT2D eigenvalue weighted by molar-refractivity contribution is 0.199. The van der Waals surface area contributed by atoms with Crippen LogP contribution in [-0.2, 0) is 0 Å². The van der Waals surface area contributed by atoms with E-state index in [4.69, 9.17) is 0 Å². The van der Waals surface area contributed by atoms with Crippen LogP contribution in [0.15, 0.2) is 29.2 Å². The van der Waals surface area contributed by atoms with Crippen LogP contribution in [0, 0.1) is 11.8 Å². The molecular weight excluding hydrogens is 240 g/mol. The Labute approximate surface area is 115 Å². The SMILES string of the molecule is CC(O)c1cccc(SC2CCC(C)C(C)C2)c1. The minimum Gasteiger partial charge on any atom is -0.389 e. The topological polar surface area (TPSA) is 20.2 Å². The van der Waals surface area contributed by atoms with Gasteiger partial charge in [0.15, 0.2) is 0 Å². The number of hydrogen-bond acceptors (Lipinski definition) is 2. The lowest BCUT2D eigenvalue weighted by Gasteiger charge is -2.31. The van der Waals surface area contributed by atoms with Crippen LogP contribution in [0.5, 0.6) is 0 Å². The molecule has 1 aliphatic carbocycles. The van der Waals surface area contributed by atoms with Gasteiger partial charge in [0.25, 0.3) is 0 Å². The molecule has 4 unspecified atom stereocenters. The van der Waals surface area contributed by atoms with Crippen molar-refractivity contribution in [1.82, 2.24) is 0 Å². The molecule has 0 saturated heterocycles. The van der Waals surface area contributed by atoms with Crippen molar-refractivity contribution in [3.8, 4) is 0 Å². The van der Waals surface area contributed by atoms with Crippen molar-refractivity contribution >= 4 is 11.8 Å². The highest BCUT2D eigenvalue weighted by Crippen LogP contribution is 2.39. The van der Waals surface area contributed by atoms with E-state index >= 15 is 0 Å². The third-order valence-electron chi connectivity index (χ3n) is 4.19. The molecule has 0 bridgehead atoms. The van der Waals surface area contributed by atoms with Gasteiger partial charge in [-0.1, -0.05) is 26.0 Å². The fourth-order valence-corrected chi connectivity index (χ4v) is 4.05. The van der Waals surface area contributed by atoms with Gasteiger partial charge >= 0.3 is 0 Å². The van der Waals surface area contributed by atoms with E-state index in [9.17, 15) is 5.11 Å². The first-order chi connectivity index (χ1) is 8.56. The Bertz CT molecular complexity index is 388. The maximum Gasteiger partial charge on any atom is 0.0762 e. The Morgan fingerprint density at radius 2 is 2.00 bits per heavy atom. The highest BCUT2D eigenvalue weighted by atomic mass is 32.2. The summed E-state index contributed by atoms with van der Waals surface area (Å²) in [6.45, 7) is 6.58. The van der Waals surface area contributed by atoms with Gasteiger partial charge in [0.05, 0.1) is 6.10 Å². The van der Waals surface area contributed by atoms with Crippen molar-refractivity contribution in [2.75, 3.05) is 0 Å². The summed E-state index contributed by atoms with van der Waals surface area (Å²) in [6, 6.07) is 8.36. The molecule has 0 aliphatic heterocycles. The van der Waals surface area contributed by atoms with E-state index in [-0.39, 0.29) is 6.10 Å². The van der Waals surface area contributed by atoms with Crippen LogP contribution in [0.1, 0.15) is 51.7 Å². The maximum absolute atomic E-state index is 9.62. The smallest absolute Gasteiger partial charge is 0.0762 e. The summed E-state index contributed by atoms with van der Waals surface area (Å²) < 4.78 is 0. The van der Waals surface area contributed by atoms with E-state index in [1.165, 1.54) is 24.2 Å². The zero-order valence-electron chi connectivity index (χ0n) is 11.6. The van der Waals surface area contributed by atoms with Crippen molar-refractivity contribution in [3.63, 3.8) is 0 Å². The second-order valence-electron chi connectivity index (χ2n) is 5.76. The normalized spacial score (nSPS) is 30.1. The quantitative estimate of drug-likeness (QED) is 0.857. The standard InChI is InChI=1S/C16H24OS/c1-11-7-8-16(9-12(11)2)18-15-6-4-5-14(10-15)13(3)17/h4-6,10-13,16-17H,7-9H2,1-3H3. The number of benzene rings is 1. The van der Waals surface area contributed by atoms with E-state index in [0.717, 1.165) is 22.6 Å². The van der Waals surface area contributed by atoms with E-state index in [1.54, 1.807) is 0 Å². The Hall–Kier alpha value is -0.470. The average Bonchev–Trinajstić information content (AvgIpc) is 2.34. The van der Waals surface area contributed by atoms with Gasteiger partial charge in [0, 0.05) is 10.1 Å². The zero-order valence-corrected chi connectivity index (χ0v) is 12.4. The lowest BCUT2D eigenvalue weighted by Crippen LogP contribution is -2.22. The molecule has 0 spiro atoms. The molecule has 100 valence electrons. The molecule has 0 heterocycles. The van der Waals surface area contributed by atoms with Crippen LogP contribution in [0.4, 0.5) is 0 Å². The van der Waals surface area contributed by atoms with Crippen LogP contribution < -0.4 is 0 Å². The van der Waals surface area contributed by atoms with E-state index in [0.29, 0.717) is 0 Å². The summed E-state index contributed by atoms with van der Waals surface area (Å²) in [4.78, 5) is 1.31. The van der Waals surface area contributed by atoms with E-state index in [1.807, 2.05) is 24.8 Å². The van der Waals surface area contributed by atoms with Gasteiger partial charge in [-0.3, -0.25) is 0 Å². The van der Waals surface area contributed by atoms with Gasteiger partial charge in [-0.25, -0.2) is 0 Å². The monoisotopic (exact) mass is 264 g/mol. The number of thioether (sulfide) groups is 1. The van der Waals surface area contributed by atoms with Gasteiger partial charge in [0.2, 0.25) is 0 Å². The average molecular weight is 264 g/mol. The van der Waals surface area contributed by atoms with Gasteiger partial charge in [-0.15, -0.1) is 11.8 Å². The largest absolute Gasteiger partial charge is 0.389 e. The fourth-order valence-electron chi connectivity index (χ4n) is 2.65. The lowest BCUT2D eigenvalue weighted by atomic mass is 9.81. The number of hydrogen-bond donors (Lipinski definition) is 1. The van der Waals surface area contributed by atoms with Crippen molar-refractivity contribution in [2.45, 2.75) is 56.3 Å². The first kappa shape index (κ1) is 14.0. The van der Waals surface area contributed by atoms with E-state index in [2.05, 4.69) is 32.0 Å². The Morgan fingerprint density at radius 1 is 1.22 bits per heavy atom. The predicted molar refractivity (Wildman–Crippen MR) is 78.9 cm³/mol. The molecule has 1 saturated carbocycles. The van der Waals surface area contributed by atoms with Gasteiger partial charge < -0.3 is 5.11 Å². The van der Waals surface area contributed by atoms with Crippen molar-refractivity contribution in [3.05, 3.63) is 29.8 Å². The summed E-state index contributed by atoms with van der Waals surface area (Å²) in [5, 5.41) is 10.4. The molecule has 0 amide bonds. The Morgan fingerprint density at radius 3 is 2.67 bits per heavy atom. The molecule has 0 aromatic heterocycles. The van der Waals surface area contributed by atoms with Crippen molar-refractivity contribution in [2.24, 2.45) is 11.8 Å². The number of aliphatic hydroxyl groups excluding tert-OH is 1. The molecule has 4 atom stereocenters. The van der Waals surface area contributed by atoms with Crippen LogP contribution in [0.2, 0.25) is 0 Å². The molecule has 1 aromatic carbocycles. The van der Waals surface area contributed by atoms with Gasteiger partial charge in [-0.05, 0) is 55.7 Å². The van der Waals surface area contributed by atoms with Crippen molar-refractivity contribution in [1.29, 1.82) is 0 Å². The van der Waals surface area contributed by atoms with Crippen LogP contribution >= 0.6 is 11.8 Å². The van der Waals surface area contributed by atoms with Crippen molar-refractivity contribution < 1.29 is 5.11 Å². The second-order valence-corrected chi connectivity index (χ2v) is 7.13. The Balaban J connectivity index is 1.99. The highest BCUT2D eigenvalue weighted by Gasteiger charge is 2.25. The summed E-state index contributed by atoms with van der Waals surface area (Å²) in [6.07, 6.45) is 3.64. The fraction of sp³-hybridized carbons (Fsp3) is 0.625. The minimum atomic E-state index is -0.365. The molecule has 1 fully saturated rings. The zero-order chi connectivity index (χ0) is 13.1. The van der Waals surface area contributed by atoms with Crippen LogP contribution in [0.3, 0.4) is 0 Å². The van der Waals surface area contributed by atoms with Gasteiger partial charge in [-0.2, -0.15) is 0 Å². The first-order valence-corrected chi connectivity index (χ1v) is 7.89. The molecule has 1 N–H and O–H groups in total.